The van der Waals surface area contributed by atoms with E-state index in [1.165, 1.54) is 0 Å². The van der Waals surface area contributed by atoms with Crippen molar-refractivity contribution in [3.63, 3.8) is 0 Å². The van der Waals surface area contributed by atoms with Crippen LogP contribution in [0.3, 0.4) is 0 Å². The number of carbonyl (C=O) groups excluding carboxylic acids is 1. The van der Waals surface area contributed by atoms with Gasteiger partial charge in [0.25, 0.3) is 0 Å². The Morgan fingerprint density at radius 3 is 2.31 bits per heavy atom. The lowest BCUT2D eigenvalue weighted by Crippen LogP contribution is -2.05. The van der Waals surface area contributed by atoms with Crippen molar-refractivity contribution in [2.45, 2.75) is 13.3 Å². The first-order valence-corrected chi connectivity index (χ1v) is 9.06. The highest BCUT2D eigenvalue weighted by atomic mass is 79.9. The zero-order valence-corrected chi connectivity index (χ0v) is 15.9. The van der Waals surface area contributed by atoms with E-state index < -0.39 is 0 Å². The molecule has 0 unspecified atom stereocenters. The van der Waals surface area contributed by atoms with E-state index in [0.717, 1.165) is 15.9 Å². The lowest BCUT2D eigenvalue weighted by atomic mass is 10.1. The van der Waals surface area contributed by atoms with Gasteiger partial charge in [0.05, 0.1) is 0 Å². The summed E-state index contributed by atoms with van der Waals surface area (Å²) in [6.45, 7) is 1.86. The molecule has 3 nitrogen and oxygen atoms in total. The quantitative estimate of drug-likeness (QED) is 0.340. The number of carbonyl (C=O) groups is 1. The predicted molar refractivity (Wildman–Crippen MR) is 109 cm³/mol. The number of hydrogen-bond acceptors (Lipinski definition) is 3. The highest BCUT2D eigenvalue weighted by Gasteiger charge is 2.09. The van der Waals surface area contributed by atoms with E-state index >= 15 is 0 Å². The Labute approximate surface area is 161 Å². The van der Waals surface area contributed by atoms with Crippen molar-refractivity contribution >= 4 is 33.1 Å². The van der Waals surface area contributed by atoms with Gasteiger partial charge in [-0.25, -0.2) is 0 Å². The van der Waals surface area contributed by atoms with E-state index in [4.69, 9.17) is 4.74 Å². The van der Waals surface area contributed by atoms with Gasteiger partial charge in [-0.15, -0.1) is 0 Å². The third kappa shape index (κ3) is 4.90. The van der Waals surface area contributed by atoms with E-state index in [1.54, 1.807) is 0 Å². The van der Waals surface area contributed by atoms with Crippen molar-refractivity contribution < 1.29 is 9.53 Å². The number of aliphatic imine (C=N–C) groups is 1. The van der Waals surface area contributed by atoms with Gasteiger partial charge < -0.3 is 4.74 Å². The summed E-state index contributed by atoms with van der Waals surface area (Å²) in [7, 11) is 0. The third-order valence-electron chi connectivity index (χ3n) is 3.73. The minimum absolute atomic E-state index is 0.0539. The maximum absolute atomic E-state index is 12.3. The zero-order chi connectivity index (χ0) is 18.4. The molecule has 4 heteroatoms. The Morgan fingerprint density at radius 1 is 0.923 bits per heavy atom. The molecule has 0 amide bonds. The van der Waals surface area contributed by atoms with Gasteiger partial charge in [-0.1, -0.05) is 58.4 Å². The Morgan fingerprint density at radius 2 is 1.58 bits per heavy atom. The van der Waals surface area contributed by atoms with Crippen LogP contribution in [0, 0.1) is 0 Å². The number of nitrogens with zero attached hydrogens (tertiary/aromatic N) is 1. The normalized spacial score (nSPS) is 11.2. The summed E-state index contributed by atoms with van der Waals surface area (Å²) in [5.74, 6) is 1.44. The van der Waals surface area contributed by atoms with E-state index in [2.05, 4.69) is 20.9 Å². The molecule has 0 N–H and O–H groups in total. The number of benzene rings is 3. The van der Waals surface area contributed by atoms with E-state index in [1.807, 2.05) is 85.8 Å². The van der Waals surface area contributed by atoms with Gasteiger partial charge in [0.1, 0.15) is 11.4 Å². The summed E-state index contributed by atoms with van der Waals surface area (Å²) in [4.78, 5) is 16.9. The molecule has 3 aromatic carbocycles. The molecule has 0 heterocycles. The van der Waals surface area contributed by atoms with Crippen LogP contribution in [0.4, 0.5) is 5.69 Å². The van der Waals surface area contributed by atoms with Crippen molar-refractivity contribution in [3.05, 3.63) is 88.9 Å². The Kier molecular flexibility index (Phi) is 5.97. The first-order valence-electron chi connectivity index (χ1n) is 8.27. The Bertz CT molecular complexity index is 918. The molecule has 0 saturated carbocycles. The number of ketones is 1. The number of hydrogen-bond donors (Lipinski definition) is 0. The molecule has 0 spiro atoms. The third-order valence-corrected chi connectivity index (χ3v) is 4.26. The summed E-state index contributed by atoms with van der Waals surface area (Å²) in [6.07, 6.45) is 0.274. The molecule has 26 heavy (non-hydrogen) atoms. The molecule has 0 saturated heterocycles. The molecule has 0 aromatic heterocycles. The second-order valence-electron chi connectivity index (χ2n) is 5.84. The van der Waals surface area contributed by atoms with Gasteiger partial charge in [0, 0.05) is 22.2 Å². The topological polar surface area (TPSA) is 38.7 Å². The fraction of sp³-hybridized carbons (Fsp3) is 0.0909. The molecule has 0 aliphatic heterocycles. The summed E-state index contributed by atoms with van der Waals surface area (Å²) in [6, 6.07) is 24.4. The maximum Gasteiger partial charge on any atom is 0.168 e. The first kappa shape index (κ1) is 18.1. The minimum Gasteiger partial charge on any atom is -0.455 e. The van der Waals surface area contributed by atoms with Crippen molar-refractivity contribution in [1.29, 1.82) is 0 Å². The van der Waals surface area contributed by atoms with Gasteiger partial charge in [0.2, 0.25) is 0 Å². The van der Waals surface area contributed by atoms with E-state index in [0.29, 0.717) is 17.0 Å². The standard InChI is InChI=1S/C22H18BrNO2/c1-16(15-21(25)17-7-3-2-4-8-17)24-20-9-5-6-10-22(20)26-19-13-11-18(23)12-14-19/h2-14H,15H2,1H3. The highest BCUT2D eigenvalue weighted by molar-refractivity contribution is 9.10. The largest absolute Gasteiger partial charge is 0.455 e. The van der Waals surface area contributed by atoms with Crippen LogP contribution in [-0.2, 0) is 0 Å². The van der Waals surface area contributed by atoms with Gasteiger partial charge >= 0.3 is 0 Å². The number of halogens is 1. The number of ether oxygens (including phenoxy) is 1. The van der Waals surface area contributed by atoms with Gasteiger partial charge in [-0.3, -0.25) is 9.79 Å². The molecular weight excluding hydrogens is 390 g/mol. The van der Waals surface area contributed by atoms with Crippen molar-refractivity contribution in [2.75, 3.05) is 0 Å². The minimum atomic E-state index is 0.0539. The van der Waals surface area contributed by atoms with E-state index in [-0.39, 0.29) is 12.2 Å². The van der Waals surface area contributed by atoms with E-state index in [9.17, 15) is 4.79 Å². The molecular formula is C22H18BrNO2. The molecule has 3 rings (SSSR count). The molecule has 0 atom stereocenters. The predicted octanol–water partition coefficient (Wildman–Crippen LogP) is 6.61. The molecule has 0 fully saturated rings. The van der Waals surface area contributed by atoms with Crippen LogP contribution in [-0.4, -0.2) is 11.5 Å². The molecule has 0 aliphatic rings. The second kappa shape index (κ2) is 8.59. The monoisotopic (exact) mass is 407 g/mol. The van der Waals surface area contributed by atoms with Crippen LogP contribution in [0.2, 0.25) is 0 Å². The van der Waals surface area contributed by atoms with Crippen LogP contribution in [0.1, 0.15) is 23.7 Å². The summed E-state index contributed by atoms with van der Waals surface area (Å²) in [5, 5.41) is 0. The summed E-state index contributed by atoms with van der Waals surface area (Å²) in [5.41, 5.74) is 2.14. The average Bonchev–Trinajstić information content (AvgIpc) is 2.66. The Balaban J connectivity index is 1.77. The van der Waals surface area contributed by atoms with Crippen LogP contribution in [0.25, 0.3) is 0 Å². The van der Waals surface area contributed by atoms with Gasteiger partial charge in [0.15, 0.2) is 11.5 Å². The first-order chi connectivity index (χ1) is 12.6. The second-order valence-corrected chi connectivity index (χ2v) is 6.75. The molecule has 130 valence electrons. The average molecular weight is 408 g/mol. The maximum atomic E-state index is 12.3. The number of para-hydroxylation sites is 2. The molecule has 3 aromatic rings. The van der Waals surface area contributed by atoms with Crippen molar-refractivity contribution in [1.82, 2.24) is 0 Å². The highest BCUT2D eigenvalue weighted by Crippen LogP contribution is 2.32. The van der Waals surface area contributed by atoms with Crippen molar-refractivity contribution in [2.24, 2.45) is 4.99 Å². The fourth-order valence-electron chi connectivity index (χ4n) is 2.47. The SMILES string of the molecule is CC(CC(=O)c1ccccc1)=Nc1ccccc1Oc1ccc(Br)cc1. The van der Waals surface area contributed by atoms with Crippen LogP contribution < -0.4 is 4.74 Å². The Hall–Kier alpha value is -2.72. The molecule has 0 aliphatic carbocycles. The lowest BCUT2D eigenvalue weighted by molar-refractivity contribution is 0.100. The summed E-state index contributed by atoms with van der Waals surface area (Å²) >= 11 is 3.41. The number of Topliss-reactive ketones (excluding diaryl/α,β-unsaturated/α-hetero) is 1. The van der Waals surface area contributed by atoms with Gasteiger partial charge in [-0.2, -0.15) is 0 Å². The fourth-order valence-corrected chi connectivity index (χ4v) is 2.73. The van der Waals surface area contributed by atoms with Crippen LogP contribution >= 0.6 is 15.9 Å². The zero-order valence-electron chi connectivity index (χ0n) is 14.4. The van der Waals surface area contributed by atoms with Gasteiger partial charge in [-0.05, 0) is 43.3 Å². The molecule has 0 radical (unpaired) electrons. The van der Waals surface area contributed by atoms with Crippen LogP contribution in [0.15, 0.2) is 88.3 Å². The smallest absolute Gasteiger partial charge is 0.168 e. The van der Waals surface area contributed by atoms with Crippen molar-refractivity contribution in [3.8, 4) is 11.5 Å². The molecule has 0 bridgehead atoms. The van der Waals surface area contributed by atoms with Crippen LogP contribution in [0.5, 0.6) is 11.5 Å². The summed E-state index contributed by atoms with van der Waals surface area (Å²) < 4.78 is 6.93. The lowest BCUT2D eigenvalue weighted by Gasteiger charge is -2.09. The number of rotatable bonds is 6.